The smallest absolute Gasteiger partial charge is 0.232 e. The molecule has 4 N–H and O–H groups in total. The summed E-state index contributed by atoms with van der Waals surface area (Å²) in [5.74, 6) is 0.729. The molecule has 9 nitrogen and oxygen atoms in total. The van der Waals surface area contributed by atoms with Gasteiger partial charge in [0.1, 0.15) is 5.75 Å². The number of guanidine groups is 1. The number of hydrogen-bond acceptors (Lipinski definition) is 7. The molecule has 1 unspecified atom stereocenters. The SMILES string of the molecule is NC1=NC(c2cccc(Nc3ncc4ccccn34)c2O)CC(=O)N1C1CCOCC1. The maximum Gasteiger partial charge on any atom is 0.232 e. The Hall–Kier alpha value is -3.59. The summed E-state index contributed by atoms with van der Waals surface area (Å²) >= 11 is 0. The zero-order chi connectivity index (χ0) is 21.4. The number of anilines is 2. The maximum absolute atomic E-state index is 12.9. The first-order chi connectivity index (χ1) is 15.1. The molecule has 0 spiro atoms. The molecular formula is C22H24N6O3. The number of hydrogen-bond donors (Lipinski definition) is 3. The monoisotopic (exact) mass is 420 g/mol. The molecule has 0 saturated carbocycles. The number of nitrogens with two attached hydrogens (primary N) is 1. The molecule has 1 fully saturated rings. The number of aromatic nitrogens is 2. The molecule has 4 heterocycles. The molecule has 0 bridgehead atoms. The van der Waals surface area contributed by atoms with Crippen LogP contribution < -0.4 is 11.1 Å². The Labute approximate surface area is 179 Å². The van der Waals surface area contributed by atoms with Crippen molar-refractivity contribution in [3.8, 4) is 5.75 Å². The number of aliphatic imine (C=N–C) groups is 1. The number of rotatable bonds is 4. The van der Waals surface area contributed by atoms with Crippen LogP contribution in [0.15, 0.2) is 53.8 Å². The first-order valence-electron chi connectivity index (χ1n) is 10.4. The van der Waals surface area contributed by atoms with Crippen molar-refractivity contribution < 1.29 is 14.6 Å². The highest BCUT2D eigenvalue weighted by molar-refractivity contribution is 5.99. The minimum Gasteiger partial charge on any atom is -0.505 e. The van der Waals surface area contributed by atoms with Crippen LogP contribution in [0.2, 0.25) is 0 Å². The van der Waals surface area contributed by atoms with E-state index in [2.05, 4.69) is 15.3 Å². The van der Waals surface area contributed by atoms with Crippen LogP contribution in [0.4, 0.5) is 11.6 Å². The molecule has 2 aliphatic heterocycles. The van der Waals surface area contributed by atoms with Crippen molar-refractivity contribution in [3.05, 3.63) is 54.4 Å². The van der Waals surface area contributed by atoms with Gasteiger partial charge in [-0.05, 0) is 31.0 Å². The maximum atomic E-state index is 12.9. The van der Waals surface area contributed by atoms with Gasteiger partial charge in [0, 0.05) is 31.0 Å². The molecule has 31 heavy (non-hydrogen) atoms. The second kappa shape index (κ2) is 7.92. The van der Waals surface area contributed by atoms with Gasteiger partial charge in [-0.1, -0.05) is 18.2 Å². The zero-order valence-electron chi connectivity index (χ0n) is 16.9. The van der Waals surface area contributed by atoms with Crippen LogP contribution in [0.25, 0.3) is 5.52 Å². The summed E-state index contributed by atoms with van der Waals surface area (Å²) in [6.45, 7) is 1.23. The number of fused-ring (bicyclic) bond motifs is 1. The Kier molecular flexibility index (Phi) is 4.95. The van der Waals surface area contributed by atoms with Gasteiger partial charge in [-0.3, -0.25) is 14.1 Å². The molecule has 1 saturated heterocycles. The second-order valence-corrected chi connectivity index (χ2v) is 7.76. The average molecular weight is 420 g/mol. The Morgan fingerprint density at radius 3 is 2.81 bits per heavy atom. The summed E-state index contributed by atoms with van der Waals surface area (Å²) in [6, 6.07) is 10.6. The average Bonchev–Trinajstić information content (AvgIpc) is 3.18. The number of para-hydroxylation sites is 1. The standard InChI is InChI=1S/C22H24N6O3/c23-21-25-18(12-19(29)28(21)14-7-10-31-11-8-14)16-5-3-6-17(20(16)30)26-22-24-13-15-4-1-2-9-27(15)22/h1-6,9,13-14,18,30H,7-8,10-12H2,(H2,23,25)(H,24,26). The number of carbonyl (C=O) groups excluding carboxylic acids is 1. The van der Waals surface area contributed by atoms with Gasteiger partial charge in [0.25, 0.3) is 0 Å². The Balaban J connectivity index is 1.42. The van der Waals surface area contributed by atoms with Crippen LogP contribution in [-0.2, 0) is 9.53 Å². The third-order valence-corrected chi connectivity index (χ3v) is 5.84. The molecule has 160 valence electrons. The van der Waals surface area contributed by atoms with Crippen molar-refractivity contribution in [2.45, 2.75) is 31.3 Å². The summed E-state index contributed by atoms with van der Waals surface area (Å²) in [4.78, 5) is 23.4. The molecule has 1 amide bonds. The van der Waals surface area contributed by atoms with Crippen molar-refractivity contribution in [2.24, 2.45) is 10.7 Å². The third kappa shape index (κ3) is 3.57. The number of pyridine rings is 1. The van der Waals surface area contributed by atoms with E-state index in [0.717, 1.165) is 18.4 Å². The fourth-order valence-corrected chi connectivity index (χ4v) is 4.26. The molecule has 3 aromatic rings. The van der Waals surface area contributed by atoms with Gasteiger partial charge in [0.2, 0.25) is 11.9 Å². The molecule has 0 aliphatic carbocycles. The summed E-state index contributed by atoms with van der Waals surface area (Å²) in [6.07, 6.45) is 5.28. The lowest BCUT2D eigenvalue weighted by atomic mass is 9.98. The highest BCUT2D eigenvalue weighted by atomic mass is 16.5. The number of aromatic hydroxyl groups is 1. The molecule has 2 aromatic heterocycles. The van der Waals surface area contributed by atoms with E-state index in [0.29, 0.717) is 30.4 Å². The lowest BCUT2D eigenvalue weighted by molar-refractivity contribution is -0.131. The van der Waals surface area contributed by atoms with Crippen LogP contribution in [0.3, 0.4) is 0 Å². The van der Waals surface area contributed by atoms with E-state index in [4.69, 9.17) is 10.5 Å². The Bertz CT molecular complexity index is 1150. The van der Waals surface area contributed by atoms with E-state index >= 15 is 0 Å². The summed E-state index contributed by atoms with van der Waals surface area (Å²) in [7, 11) is 0. The summed E-state index contributed by atoms with van der Waals surface area (Å²) in [5, 5.41) is 14.1. The number of nitrogens with one attached hydrogen (secondary N) is 1. The fourth-order valence-electron chi connectivity index (χ4n) is 4.26. The third-order valence-electron chi connectivity index (χ3n) is 5.84. The van der Waals surface area contributed by atoms with Crippen LogP contribution in [0, 0.1) is 0 Å². The van der Waals surface area contributed by atoms with Crippen molar-refractivity contribution in [2.75, 3.05) is 18.5 Å². The van der Waals surface area contributed by atoms with Crippen molar-refractivity contribution in [1.29, 1.82) is 0 Å². The summed E-state index contributed by atoms with van der Waals surface area (Å²) in [5.41, 5.74) is 8.16. The predicted molar refractivity (Wildman–Crippen MR) is 116 cm³/mol. The number of benzene rings is 1. The van der Waals surface area contributed by atoms with E-state index in [9.17, 15) is 9.90 Å². The van der Waals surface area contributed by atoms with E-state index in [1.54, 1.807) is 23.2 Å². The molecule has 2 aliphatic rings. The van der Waals surface area contributed by atoms with Crippen molar-refractivity contribution >= 4 is 29.0 Å². The number of ether oxygens (including phenoxy) is 1. The number of carbonyl (C=O) groups is 1. The fraction of sp³-hybridized carbons (Fsp3) is 0.318. The van der Waals surface area contributed by atoms with E-state index < -0.39 is 6.04 Å². The zero-order valence-corrected chi connectivity index (χ0v) is 16.9. The Morgan fingerprint density at radius 1 is 1.16 bits per heavy atom. The van der Waals surface area contributed by atoms with Crippen LogP contribution >= 0.6 is 0 Å². The second-order valence-electron chi connectivity index (χ2n) is 7.76. The van der Waals surface area contributed by atoms with E-state index in [-0.39, 0.29) is 30.1 Å². The van der Waals surface area contributed by atoms with Crippen LogP contribution in [0.5, 0.6) is 5.75 Å². The highest BCUT2D eigenvalue weighted by Crippen LogP contribution is 2.38. The molecule has 1 aromatic carbocycles. The number of amides is 1. The van der Waals surface area contributed by atoms with E-state index in [1.807, 2.05) is 34.9 Å². The summed E-state index contributed by atoms with van der Waals surface area (Å²) < 4.78 is 7.27. The quantitative estimate of drug-likeness (QED) is 0.559. The highest BCUT2D eigenvalue weighted by Gasteiger charge is 2.35. The van der Waals surface area contributed by atoms with Crippen molar-refractivity contribution in [3.63, 3.8) is 0 Å². The van der Waals surface area contributed by atoms with Gasteiger partial charge in [-0.25, -0.2) is 9.98 Å². The number of nitrogens with zero attached hydrogens (tertiary/aromatic N) is 4. The Morgan fingerprint density at radius 2 is 2.00 bits per heavy atom. The van der Waals surface area contributed by atoms with E-state index in [1.165, 1.54) is 0 Å². The predicted octanol–water partition coefficient (Wildman–Crippen LogP) is 2.55. The van der Waals surface area contributed by atoms with Gasteiger partial charge in [0.15, 0.2) is 5.96 Å². The molecule has 1 atom stereocenters. The normalized spacial score (nSPS) is 20.1. The molecule has 5 rings (SSSR count). The molecule has 9 heteroatoms. The van der Waals surface area contributed by atoms with Gasteiger partial charge < -0.3 is 20.9 Å². The van der Waals surface area contributed by atoms with Gasteiger partial charge in [0.05, 0.1) is 29.9 Å². The largest absolute Gasteiger partial charge is 0.505 e. The minimum absolute atomic E-state index is 0.0151. The van der Waals surface area contributed by atoms with Gasteiger partial charge in [-0.2, -0.15) is 0 Å². The lowest BCUT2D eigenvalue weighted by Gasteiger charge is -2.37. The van der Waals surface area contributed by atoms with Crippen LogP contribution in [0.1, 0.15) is 30.9 Å². The lowest BCUT2D eigenvalue weighted by Crippen LogP contribution is -2.52. The van der Waals surface area contributed by atoms with Crippen LogP contribution in [-0.4, -0.2) is 50.5 Å². The van der Waals surface area contributed by atoms with Gasteiger partial charge in [-0.15, -0.1) is 0 Å². The number of imidazole rings is 1. The topological polar surface area (TPSA) is 117 Å². The molecular weight excluding hydrogens is 396 g/mol. The number of phenols is 1. The van der Waals surface area contributed by atoms with Crippen molar-refractivity contribution in [1.82, 2.24) is 14.3 Å². The minimum atomic E-state index is -0.539. The number of phenolic OH excluding ortho intramolecular Hbond substituents is 1. The first kappa shape index (κ1) is 19.4. The molecule has 0 radical (unpaired) electrons. The van der Waals surface area contributed by atoms with Gasteiger partial charge >= 0.3 is 0 Å². The first-order valence-corrected chi connectivity index (χ1v) is 10.4.